The molecule has 0 spiro atoms. The van der Waals surface area contributed by atoms with Crippen LogP contribution < -0.4 is 20.5 Å². The second kappa shape index (κ2) is 22.1. The Morgan fingerprint density at radius 2 is 1.70 bits per heavy atom. The first-order chi connectivity index (χ1) is 22.0. The predicted molar refractivity (Wildman–Crippen MR) is 196 cm³/mol. The van der Waals surface area contributed by atoms with Crippen molar-refractivity contribution in [3.63, 3.8) is 0 Å². The summed E-state index contributed by atoms with van der Waals surface area (Å²) >= 11 is 0. The Labute approximate surface area is 275 Å². The van der Waals surface area contributed by atoms with Gasteiger partial charge in [0.05, 0.1) is 17.7 Å². The van der Waals surface area contributed by atoms with Crippen LogP contribution in [-0.4, -0.2) is 65.7 Å². The van der Waals surface area contributed by atoms with E-state index in [1.807, 2.05) is 95.8 Å². The number of rotatable bonds is 11. The summed E-state index contributed by atoms with van der Waals surface area (Å²) in [6.45, 7) is 17.4. The van der Waals surface area contributed by atoms with Crippen molar-refractivity contribution in [3.8, 4) is 5.75 Å². The third-order valence-corrected chi connectivity index (χ3v) is 6.18. The fourth-order valence-corrected chi connectivity index (χ4v) is 3.99. The van der Waals surface area contributed by atoms with Crippen molar-refractivity contribution >= 4 is 39.6 Å². The van der Waals surface area contributed by atoms with E-state index in [0.717, 1.165) is 12.1 Å². The number of fused-ring (bicyclic) bond motifs is 1. The number of likely N-dealkylation sites (N-methyl/N-ethyl adjacent to an activating group) is 2. The van der Waals surface area contributed by atoms with E-state index in [2.05, 4.69) is 29.1 Å². The van der Waals surface area contributed by atoms with E-state index in [1.54, 1.807) is 32.4 Å². The first kappa shape index (κ1) is 41.5. The lowest BCUT2D eigenvalue weighted by Crippen LogP contribution is -2.29. The van der Waals surface area contributed by atoms with Crippen LogP contribution in [0.15, 0.2) is 59.6 Å². The van der Waals surface area contributed by atoms with Gasteiger partial charge in [-0.15, -0.1) is 0 Å². The lowest BCUT2D eigenvalue weighted by molar-refractivity contribution is -0.384. The molecule has 1 aromatic carbocycles. The quantitative estimate of drug-likeness (QED) is 0.127. The average molecular weight is 638 g/mol. The fourth-order valence-electron chi connectivity index (χ4n) is 3.99. The summed E-state index contributed by atoms with van der Waals surface area (Å²) in [6.07, 6.45) is 12.3. The molecule has 0 saturated heterocycles. The monoisotopic (exact) mass is 637 g/mol. The molecule has 0 radical (unpaired) electrons. The molecule has 2 aromatic heterocycles. The van der Waals surface area contributed by atoms with Crippen molar-refractivity contribution in [2.75, 3.05) is 51.6 Å². The zero-order chi connectivity index (χ0) is 35.4. The van der Waals surface area contributed by atoms with E-state index in [0.29, 0.717) is 40.3 Å². The van der Waals surface area contributed by atoms with Crippen molar-refractivity contribution in [3.05, 3.63) is 80.8 Å². The molecule has 254 valence electrons. The smallest absolute Gasteiger partial charge is 0.294 e. The molecule has 0 bridgehead atoms. The van der Waals surface area contributed by atoms with Gasteiger partial charge < -0.3 is 19.9 Å². The number of hydrogen-bond donors (Lipinski definition) is 1. The Kier molecular flexibility index (Phi) is 19.9. The third-order valence-electron chi connectivity index (χ3n) is 6.18. The van der Waals surface area contributed by atoms with Gasteiger partial charge in [-0.2, -0.15) is 4.98 Å². The molecule has 0 amide bonds. The van der Waals surface area contributed by atoms with Gasteiger partial charge in [0.1, 0.15) is 17.1 Å². The van der Waals surface area contributed by atoms with Gasteiger partial charge in [0, 0.05) is 56.5 Å². The molecule has 3 aromatic rings. The molecule has 11 nitrogen and oxygen atoms in total. The first-order valence-electron chi connectivity index (χ1n) is 15.8. The van der Waals surface area contributed by atoms with Gasteiger partial charge in [-0.1, -0.05) is 78.3 Å². The van der Waals surface area contributed by atoms with Crippen molar-refractivity contribution in [2.24, 2.45) is 7.05 Å². The normalized spacial score (nSPS) is 11.0. The molecule has 2 heterocycles. The Hall–Kier alpha value is -4.51. The number of ether oxygens (including phenoxy) is 1. The minimum Gasteiger partial charge on any atom is -0.494 e. The summed E-state index contributed by atoms with van der Waals surface area (Å²) in [4.78, 5) is 37.5. The largest absolute Gasteiger partial charge is 0.494 e. The van der Waals surface area contributed by atoms with Gasteiger partial charge in [0.25, 0.3) is 11.2 Å². The lowest BCUT2D eigenvalue weighted by Gasteiger charge is -2.22. The minimum atomic E-state index is -0.428. The highest BCUT2D eigenvalue weighted by atomic mass is 16.6. The van der Waals surface area contributed by atoms with Crippen molar-refractivity contribution in [1.82, 2.24) is 19.4 Å². The number of methoxy groups -OCH3 is 1. The van der Waals surface area contributed by atoms with Crippen molar-refractivity contribution in [2.45, 2.75) is 61.8 Å². The third kappa shape index (κ3) is 11.8. The maximum Gasteiger partial charge on any atom is 0.294 e. The number of nitro benzene ring substituents is 1. The van der Waals surface area contributed by atoms with Crippen molar-refractivity contribution in [1.29, 1.82) is 0 Å². The number of pyridine rings is 1. The van der Waals surface area contributed by atoms with E-state index in [9.17, 15) is 14.9 Å². The van der Waals surface area contributed by atoms with Crippen LogP contribution >= 0.6 is 0 Å². The summed E-state index contributed by atoms with van der Waals surface area (Å²) in [5.74, 6) is 0.566. The maximum absolute atomic E-state index is 13.2. The van der Waals surface area contributed by atoms with Crippen LogP contribution in [0.3, 0.4) is 0 Å². The molecule has 0 saturated carbocycles. The lowest BCUT2D eigenvalue weighted by atomic mass is 10.1. The molecule has 0 aliphatic heterocycles. The number of anilines is 3. The minimum absolute atomic E-state index is 0.0813. The number of allylic oxidation sites excluding steroid dienone is 6. The molecular weight excluding hydrogens is 582 g/mol. The van der Waals surface area contributed by atoms with Gasteiger partial charge >= 0.3 is 0 Å². The molecule has 1 N–H and O–H groups in total. The van der Waals surface area contributed by atoms with E-state index >= 15 is 0 Å². The van der Waals surface area contributed by atoms with E-state index in [-0.39, 0.29) is 17.2 Å². The van der Waals surface area contributed by atoms with Crippen LogP contribution in [0.4, 0.5) is 23.0 Å². The standard InChI is InChI=1S/C28H35N7O4.C3H8.2C2H6/c1-8-10-11-12-19(9-2)21-15-20-18-29-28(31-26(20)34(6)27(21)36)30-22-16-24(35(37)38)23(17-25(22)39-7)33(5)14-13-32(3)4;1-3-2;2*1-2/h8-12,15-18H,13-14H2,1-7H3,(H,29,30,31);3H2,1-2H3;2*1-2H3/b10-8-,12-11-,19-9-;;;. The van der Waals surface area contributed by atoms with Gasteiger partial charge in [-0.3, -0.25) is 19.5 Å². The van der Waals surface area contributed by atoms with Crippen molar-refractivity contribution < 1.29 is 9.66 Å². The number of aromatic nitrogens is 3. The fraction of sp³-hybridized carbons (Fsp3) is 0.457. The van der Waals surface area contributed by atoms with Crippen LogP contribution in [-0.2, 0) is 7.05 Å². The number of nitro groups is 1. The summed E-state index contributed by atoms with van der Waals surface area (Å²) < 4.78 is 7.01. The molecule has 0 unspecified atom stereocenters. The van der Waals surface area contributed by atoms with Gasteiger partial charge in [0.15, 0.2) is 0 Å². The summed E-state index contributed by atoms with van der Waals surface area (Å²) in [7, 11) is 8.83. The summed E-state index contributed by atoms with van der Waals surface area (Å²) in [6, 6.07) is 4.80. The van der Waals surface area contributed by atoms with Gasteiger partial charge in [-0.25, -0.2) is 4.98 Å². The second-order valence-electron chi connectivity index (χ2n) is 9.88. The van der Waals surface area contributed by atoms with Crippen LogP contribution in [0.25, 0.3) is 16.6 Å². The second-order valence-corrected chi connectivity index (χ2v) is 9.88. The molecule has 0 atom stereocenters. The number of nitrogens with one attached hydrogen (secondary N) is 1. The maximum atomic E-state index is 13.2. The zero-order valence-corrected chi connectivity index (χ0v) is 30.1. The Morgan fingerprint density at radius 3 is 2.22 bits per heavy atom. The van der Waals surface area contributed by atoms with E-state index in [1.165, 1.54) is 24.2 Å². The predicted octanol–water partition coefficient (Wildman–Crippen LogP) is 7.99. The Bertz CT molecular complexity index is 1530. The van der Waals surface area contributed by atoms with Crippen LogP contribution in [0, 0.1) is 10.1 Å². The summed E-state index contributed by atoms with van der Waals surface area (Å²) in [5.41, 5.74) is 2.21. The van der Waals surface area contributed by atoms with E-state index in [4.69, 9.17) is 4.74 Å². The van der Waals surface area contributed by atoms with Gasteiger partial charge in [-0.05, 0) is 39.6 Å². The first-order valence-corrected chi connectivity index (χ1v) is 15.8. The SMILES string of the molecule is CC.CC.CCC.C\C=C/C=C\C(=C\C)c1cc2cnc(Nc3cc([N+](=O)[O-])c(N(C)CCN(C)C)cc3OC)nc2n(C)c1=O. The number of benzene rings is 1. The highest BCUT2D eigenvalue weighted by Crippen LogP contribution is 2.39. The molecule has 46 heavy (non-hydrogen) atoms. The molecular formula is C35H55N7O4. The molecule has 0 aliphatic rings. The highest BCUT2D eigenvalue weighted by molar-refractivity contribution is 5.84. The number of hydrogen-bond acceptors (Lipinski definition) is 9. The number of aryl methyl sites for hydroxylation is 1. The summed E-state index contributed by atoms with van der Waals surface area (Å²) in [5, 5.41) is 15.6. The topological polar surface area (TPSA) is 119 Å². The molecule has 0 fully saturated rings. The zero-order valence-electron chi connectivity index (χ0n) is 30.1. The molecule has 0 aliphatic carbocycles. The van der Waals surface area contributed by atoms with Crippen LogP contribution in [0.2, 0.25) is 0 Å². The molecule has 11 heteroatoms. The molecule has 3 rings (SSSR count). The van der Waals surface area contributed by atoms with Crippen LogP contribution in [0.5, 0.6) is 5.75 Å². The highest BCUT2D eigenvalue weighted by Gasteiger charge is 2.22. The average Bonchev–Trinajstić information content (AvgIpc) is 3.06. The number of nitrogens with zero attached hydrogens (tertiary/aromatic N) is 6. The van der Waals surface area contributed by atoms with E-state index < -0.39 is 4.92 Å². The Morgan fingerprint density at radius 1 is 1.07 bits per heavy atom. The Balaban J connectivity index is 0.00000268. The van der Waals surface area contributed by atoms with Gasteiger partial charge in [0.2, 0.25) is 5.95 Å². The van der Waals surface area contributed by atoms with Crippen LogP contribution in [0.1, 0.15) is 67.4 Å².